The maximum Gasteiger partial charge on any atom is 0.336 e. The molecule has 0 spiro atoms. The van der Waals surface area contributed by atoms with Crippen molar-refractivity contribution < 1.29 is 32.6 Å². The zero-order valence-corrected chi connectivity index (χ0v) is 18.7. The van der Waals surface area contributed by atoms with Gasteiger partial charge >= 0.3 is 5.97 Å². The van der Waals surface area contributed by atoms with Gasteiger partial charge in [0.1, 0.15) is 34.6 Å². The van der Waals surface area contributed by atoms with Gasteiger partial charge in [-0.05, 0) is 73.0 Å². The van der Waals surface area contributed by atoms with E-state index in [2.05, 4.69) is 10.3 Å². The summed E-state index contributed by atoms with van der Waals surface area (Å²) in [6.07, 6.45) is 0. The second kappa shape index (κ2) is 9.46. The Morgan fingerprint density at radius 3 is 2.34 bits per heavy atom. The first-order valence-electron chi connectivity index (χ1n) is 10.6. The van der Waals surface area contributed by atoms with Crippen LogP contribution in [0.4, 0.5) is 18.9 Å². The quantitative estimate of drug-likeness (QED) is 0.355. The van der Waals surface area contributed by atoms with Crippen molar-refractivity contribution in [2.24, 2.45) is 0 Å². The molecule has 6 nitrogen and oxygen atoms in total. The van der Waals surface area contributed by atoms with Crippen LogP contribution in [0.5, 0.6) is 5.75 Å². The molecule has 2 N–H and O–H groups in total. The highest BCUT2D eigenvalue weighted by molar-refractivity contribution is 6.11. The lowest BCUT2D eigenvalue weighted by Gasteiger charge is -2.14. The minimum Gasteiger partial charge on any atom is -0.494 e. The van der Waals surface area contributed by atoms with Crippen molar-refractivity contribution in [1.29, 1.82) is 0 Å². The number of fused-ring (bicyclic) bond motifs is 1. The molecule has 0 bridgehead atoms. The Labute approximate surface area is 198 Å². The number of carboxylic acids is 1. The van der Waals surface area contributed by atoms with E-state index in [1.807, 2.05) is 0 Å². The molecule has 0 aliphatic rings. The van der Waals surface area contributed by atoms with Gasteiger partial charge in [0, 0.05) is 5.39 Å². The van der Waals surface area contributed by atoms with Crippen molar-refractivity contribution >= 4 is 28.5 Å². The zero-order valence-electron chi connectivity index (χ0n) is 18.7. The lowest BCUT2D eigenvalue weighted by Crippen LogP contribution is -2.19. The first-order valence-corrected chi connectivity index (χ1v) is 10.6. The molecule has 0 aliphatic carbocycles. The first-order chi connectivity index (χ1) is 16.7. The molecule has 0 fully saturated rings. The Bertz CT molecular complexity index is 1460. The van der Waals surface area contributed by atoms with Gasteiger partial charge in [0.2, 0.25) is 0 Å². The van der Waals surface area contributed by atoms with Crippen LogP contribution in [0.15, 0.2) is 54.6 Å². The number of carboxylic acid groups (broad SMARTS) is 1. The maximum atomic E-state index is 14.8. The van der Waals surface area contributed by atoms with Crippen molar-refractivity contribution in [2.75, 3.05) is 11.9 Å². The Kier molecular flexibility index (Phi) is 6.42. The van der Waals surface area contributed by atoms with Gasteiger partial charge in [-0.25, -0.2) is 22.9 Å². The van der Waals surface area contributed by atoms with Crippen LogP contribution in [0.2, 0.25) is 0 Å². The van der Waals surface area contributed by atoms with E-state index in [9.17, 15) is 27.9 Å². The van der Waals surface area contributed by atoms with E-state index < -0.39 is 35.0 Å². The van der Waals surface area contributed by atoms with E-state index in [0.29, 0.717) is 12.4 Å². The fourth-order valence-electron chi connectivity index (χ4n) is 3.79. The van der Waals surface area contributed by atoms with Crippen LogP contribution >= 0.6 is 0 Å². The largest absolute Gasteiger partial charge is 0.494 e. The molecule has 9 heteroatoms. The number of aromatic nitrogens is 1. The average Bonchev–Trinajstić information content (AvgIpc) is 2.80. The molecule has 0 unspecified atom stereocenters. The topological polar surface area (TPSA) is 88.5 Å². The predicted octanol–water partition coefficient (Wildman–Crippen LogP) is 5.98. The number of anilines is 1. The van der Waals surface area contributed by atoms with E-state index >= 15 is 0 Å². The smallest absolute Gasteiger partial charge is 0.336 e. The van der Waals surface area contributed by atoms with Gasteiger partial charge in [0.15, 0.2) is 0 Å². The summed E-state index contributed by atoms with van der Waals surface area (Å²) >= 11 is 0. The third-order valence-electron chi connectivity index (χ3n) is 5.38. The molecular weight excluding hydrogens is 461 g/mol. The molecule has 0 radical (unpaired) electrons. The molecule has 4 rings (SSSR count). The molecule has 1 amide bonds. The van der Waals surface area contributed by atoms with E-state index in [0.717, 1.165) is 18.2 Å². The van der Waals surface area contributed by atoms with Crippen LogP contribution in [-0.2, 0) is 0 Å². The Morgan fingerprint density at radius 1 is 1.00 bits per heavy atom. The third-order valence-corrected chi connectivity index (χ3v) is 5.38. The van der Waals surface area contributed by atoms with Crippen molar-refractivity contribution in [1.82, 2.24) is 4.98 Å². The molecule has 0 saturated carbocycles. The number of carbonyl (C=O) groups excluding carboxylic acids is 1. The molecule has 3 aromatic carbocycles. The number of hydrogen-bond acceptors (Lipinski definition) is 4. The highest BCUT2D eigenvalue weighted by atomic mass is 19.1. The highest BCUT2D eigenvalue weighted by Crippen LogP contribution is 2.30. The number of nitrogens with one attached hydrogen (secondary N) is 1. The monoisotopic (exact) mass is 480 g/mol. The summed E-state index contributed by atoms with van der Waals surface area (Å²) in [4.78, 5) is 29.2. The summed E-state index contributed by atoms with van der Waals surface area (Å²) in [7, 11) is 0. The van der Waals surface area contributed by atoms with Crippen LogP contribution < -0.4 is 10.1 Å². The van der Waals surface area contributed by atoms with Crippen molar-refractivity contribution in [2.45, 2.75) is 13.8 Å². The fourth-order valence-corrected chi connectivity index (χ4v) is 3.79. The number of carbonyl (C=O) groups is 2. The molecule has 0 atom stereocenters. The number of pyridine rings is 1. The molecule has 35 heavy (non-hydrogen) atoms. The summed E-state index contributed by atoms with van der Waals surface area (Å²) < 4.78 is 48.5. The van der Waals surface area contributed by atoms with E-state index in [-0.39, 0.29) is 38.9 Å². The molecule has 0 saturated heterocycles. The molecule has 178 valence electrons. The number of rotatable bonds is 6. The maximum absolute atomic E-state index is 14.8. The first kappa shape index (κ1) is 23.7. The summed E-state index contributed by atoms with van der Waals surface area (Å²) in [5.74, 6) is -4.59. The normalized spacial score (nSPS) is 10.9. The second-order valence-corrected chi connectivity index (χ2v) is 7.66. The standard InChI is InChI=1S/C26H19F3N2O4/c1-3-35-17-7-8-21-18(12-17)22(26(33)34)13(2)23(30-21)25(32)31-24-19(28)10-15(11-20(24)29)14-5-4-6-16(27)9-14/h4-12H,3H2,1-2H3,(H,31,32)(H,33,34). The van der Waals surface area contributed by atoms with Gasteiger partial charge in [-0.2, -0.15) is 0 Å². The van der Waals surface area contributed by atoms with Crippen LogP contribution in [0.1, 0.15) is 33.3 Å². The lowest BCUT2D eigenvalue weighted by atomic mass is 10.0. The molecular formula is C26H19F3N2O4. The van der Waals surface area contributed by atoms with E-state index in [1.165, 1.54) is 37.3 Å². The van der Waals surface area contributed by atoms with Crippen LogP contribution in [-0.4, -0.2) is 28.6 Å². The van der Waals surface area contributed by atoms with Crippen LogP contribution in [0.3, 0.4) is 0 Å². The molecule has 0 aliphatic heterocycles. The Balaban J connectivity index is 1.74. The van der Waals surface area contributed by atoms with Crippen LogP contribution in [0.25, 0.3) is 22.0 Å². The number of aromatic carboxylic acids is 1. The second-order valence-electron chi connectivity index (χ2n) is 7.66. The van der Waals surface area contributed by atoms with E-state index in [4.69, 9.17) is 4.74 Å². The summed E-state index contributed by atoms with van der Waals surface area (Å²) in [6.45, 7) is 3.54. The van der Waals surface area contributed by atoms with Gasteiger partial charge in [0.25, 0.3) is 5.91 Å². The molecule has 1 heterocycles. The third kappa shape index (κ3) is 4.65. The highest BCUT2D eigenvalue weighted by Gasteiger charge is 2.24. The van der Waals surface area contributed by atoms with Gasteiger partial charge in [-0.15, -0.1) is 0 Å². The average molecular weight is 480 g/mol. The number of halogens is 3. The number of amides is 1. The Morgan fingerprint density at radius 2 is 1.71 bits per heavy atom. The van der Waals surface area contributed by atoms with Gasteiger partial charge in [0.05, 0.1) is 17.7 Å². The van der Waals surface area contributed by atoms with Crippen molar-refractivity contribution in [3.05, 3.63) is 88.9 Å². The Hall–Kier alpha value is -4.40. The number of hydrogen-bond donors (Lipinski definition) is 2. The number of nitrogens with zero attached hydrogens (tertiary/aromatic N) is 1. The fraction of sp³-hybridized carbons (Fsp3) is 0.115. The number of benzene rings is 3. The van der Waals surface area contributed by atoms with Crippen molar-refractivity contribution in [3.63, 3.8) is 0 Å². The minimum atomic E-state index is -1.30. The van der Waals surface area contributed by atoms with Crippen LogP contribution in [0, 0.1) is 24.4 Å². The summed E-state index contributed by atoms with van der Waals surface area (Å²) in [6, 6.07) is 11.7. The SMILES string of the molecule is CCOc1ccc2nc(C(=O)Nc3c(F)cc(-c4cccc(F)c4)cc3F)c(C)c(C(=O)O)c2c1. The van der Waals surface area contributed by atoms with Gasteiger partial charge < -0.3 is 15.2 Å². The number of ether oxygens (including phenoxy) is 1. The van der Waals surface area contributed by atoms with Gasteiger partial charge in [-0.3, -0.25) is 4.79 Å². The summed E-state index contributed by atoms with van der Waals surface area (Å²) in [5.41, 5.74) is -0.658. The van der Waals surface area contributed by atoms with Crippen molar-refractivity contribution in [3.8, 4) is 16.9 Å². The summed E-state index contributed by atoms with van der Waals surface area (Å²) in [5, 5.41) is 12.2. The zero-order chi connectivity index (χ0) is 25.3. The molecule has 1 aromatic heterocycles. The lowest BCUT2D eigenvalue weighted by molar-refractivity contribution is 0.0698. The molecule has 4 aromatic rings. The predicted molar refractivity (Wildman–Crippen MR) is 124 cm³/mol. The van der Waals surface area contributed by atoms with E-state index in [1.54, 1.807) is 13.0 Å². The minimum absolute atomic E-state index is 0.0216. The van der Waals surface area contributed by atoms with Gasteiger partial charge in [-0.1, -0.05) is 12.1 Å².